The Balaban J connectivity index is 0.835. The number of methoxy groups -OCH3 is 2. The van der Waals surface area contributed by atoms with E-state index in [4.69, 9.17) is 166 Å². The highest BCUT2D eigenvalue weighted by atomic mass is 79.9. The molecule has 44 nitrogen and oxygen atoms in total. The van der Waals surface area contributed by atoms with Crippen LogP contribution in [0.25, 0.3) is 11.2 Å². The van der Waals surface area contributed by atoms with Crippen molar-refractivity contribution in [3.05, 3.63) is 126 Å². The van der Waals surface area contributed by atoms with Gasteiger partial charge in [-0.3, -0.25) is 56.7 Å². The molecule has 21 atom stereocenters. The number of fused-ring (bicyclic) bond motifs is 1. The van der Waals surface area contributed by atoms with Gasteiger partial charge in [-0.1, -0.05) is 37.5 Å². The van der Waals surface area contributed by atoms with Gasteiger partial charge in [-0.05, 0) is 65.0 Å². The van der Waals surface area contributed by atoms with E-state index in [1.807, 2.05) is 13.8 Å². The molecular formula is C58H80BrN16O28P4S5-3. The molecule has 0 aliphatic carbocycles. The maximum absolute atomic E-state index is 14.9. The summed E-state index contributed by atoms with van der Waals surface area (Å²) < 4.78 is 130. The number of H-pyrrole nitrogens is 3. The molecule has 0 aromatic carbocycles. The Bertz CT molecular complexity index is 4970. The number of anilines is 3. The molecule has 6 aromatic heterocycles. The Morgan fingerprint density at radius 2 is 1.18 bits per heavy atom. The van der Waals surface area contributed by atoms with Gasteiger partial charge in [0.1, 0.15) is 85.9 Å². The third-order valence-corrected chi connectivity index (χ3v) is 26.4. The van der Waals surface area contributed by atoms with Gasteiger partial charge >= 0.3 is 29.5 Å². The van der Waals surface area contributed by atoms with Crippen molar-refractivity contribution < 1.29 is 97.9 Å². The zero-order valence-electron chi connectivity index (χ0n) is 59.8. The lowest BCUT2D eigenvalue weighted by Crippen LogP contribution is -2.40. The van der Waals surface area contributed by atoms with E-state index in [1.54, 1.807) is 0 Å². The summed E-state index contributed by atoms with van der Waals surface area (Å²) >= 11 is 32.1. The lowest BCUT2D eigenvalue weighted by Gasteiger charge is -2.37. The Kier molecular flexibility index (Phi) is 29.9. The van der Waals surface area contributed by atoms with Crippen LogP contribution in [0.4, 0.5) is 17.6 Å². The van der Waals surface area contributed by atoms with E-state index in [0.717, 1.165) is 19.9 Å². The minimum atomic E-state index is -4.98. The molecule has 5 saturated heterocycles. The van der Waals surface area contributed by atoms with Crippen molar-refractivity contribution in [1.29, 1.82) is 0 Å². The third kappa shape index (κ3) is 21.5. The fraction of sp³-hybridized carbons (Fsp3) is 0.638. The van der Waals surface area contributed by atoms with Crippen molar-refractivity contribution in [2.75, 3.05) is 104 Å². The van der Waals surface area contributed by atoms with Crippen molar-refractivity contribution in [3.8, 4) is 0 Å². The van der Waals surface area contributed by atoms with Gasteiger partial charge in [0.15, 0.2) is 30.4 Å². The summed E-state index contributed by atoms with van der Waals surface area (Å²) in [5.41, 5.74) is 13.6. The monoisotopic (exact) mass is 1810 g/mol. The first-order valence-corrected chi connectivity index (χ1v) is 46.3. The number of ether oxygens (including phenoxy) is 9. The number of rotatable bonds is 38. The molecule has 112 heavy (non-hydrogen) atoms. The summed E-state index contributed by atoms with van der Waals surface area (Å²) in [6.45, 7) is -10.8. The standard InChI is InChI=1S/C58H83BrN16O28P4S5/c1-27(2)29-16-40(71-9-6-38(61)65-55(71)80)95-34(29)22-93-106(110,90-15-14-89-13-12-88-11-8-60)100-31-17-41(73-19-28(3)49(77)69-57(73)82)96-36(31)24-94-107(111,112)101-32-18-42(75-26-64-43-48(75)67-54(63)68-51(43)79)97-35(32)23-91-104(84,108)103-45-37(99-52(47(45)87-5)72-10-7-39(62)66-56(72)81)25-92-105(85,109)102-44-33(21-76)98-53(46(44)86-4)74-20-30(59)50(78)70-58(74)83/h6-7,9-10,19-20,26-27,29,31-37,40-42,44-47,52-53,76H,8,11-18,21-25,60H2,1-5H3,(H,84,108)(H,85,109)(H,111,112)(H2,61,65,80)(H2,62,66,81)(H,69,77,82)(H,70,78,83)(H3,63,67,68,79)/p-3/t29-,31+,32+,33+,34+,35+,36+,37+,40+,41+,42+,44-,45-,46?,47?,52+,53+,104?,105?,106?/m0/s1. The van der Waals surface area contributed by atoms with Gasteiger partial charge in [0.2, 0.25) is 5.95 Å². The van der Waals surface area contributed by atoms with Crippen LogP contribution in [0.3, 0.4) is 0 Å². The average Bonchev–Trinajstić information content (AvgIpc) is 1.62. The molecule has 0 spiro atoms. The minimum Gasteiger partial charge on any atom is -0.780 e. The number of nitrogen functional groups attached to an aromatic ring is 3. The molecule has 54 heteroatoms. The van der Waals surface area contributed by atoms with E-state index < -0.39 is 190 Å². The van der Waals surface area contributed by atoms with Gasteiger partial charge in [0, 0.05) is 64.0 Å². The highest BCUT2D eigenvalue weighted by Crippen LogP contribution is 2.57. The zero-order valence-corrected chi connectivity index (χ0v) is 69.1. The fourth-order valence-electron chi connectivity index (χ4n) is 12.9. The molecule has 12 N–H and O–H groups in total. The second-order valence-corrected chi connectivity index (χ2v) is 40.1. The molecule has 620 valence electrons. The molecule has 11 rings (SSSR count). The Hall–Kier alpha value is -4.61. The average molecular weight is 1810 g/mol. The smallest absolute Gasteiger partial charge is 0.351 e. The number of aromatic nitrogens is 12. The predicted octanol–water partition coefficient (Wildman–Crippen LogP) is -0.645. The van der Waals surface area contributed by atoms with E-state index in [9.17, 15) is 48.1 Å². The molecule has 0 radical (unpaired) electrons. The SMILES string of the molecule is COC1[C@@H](OP([O-])(=S)OC[C@H]2O[C@@H](n3cnc4c(=O)[nH]c(N)nc43)C[C@H]2OP(=S)([S-])OC[C@H]2O[C@@H](n3cc(C)c(=O)[nH]c3=O)C[C@H]2OP(=S)(OCCOCCOCCN)OC[C@H]2O[C@@H](n3ccc(N)nc3=O)C[C@H]2C(C)C)[C@@H](COP(=O)([S-])O[C@@H]2C(OC)[C@H](n3cc(Br)c(=O)[nH]c3=O)O[C@@H]2CO)O[C@H]1n1ccc(N)nc1=O. The van der Waals surface area contributed by atoms with Crippen LogP contribution in [0.5, 0.6) is 0 Å². The minimum absolute atomic E-state index is 0.00811. The number of aryl methyl sites for hydroxylation is 1. The summed E-state index contributed by atoms with van der Waals surface area (Å²) in [5.74, 6) is -0.645. The number of hydrogen-bond donors (Lipinski definition) is 8. The van der Waals surface area contributed by atoms with Gasteiger partial charge in [0.25, 0.3) is 16.7 Å². The molecule has 6 aromatic rings. The van der Waals surface area contributed by atoms with Crippen molar-refractivity contribution in [3.63, 3.8) is 0 Å². The second-order valence-electron chi connectivity index (χ2n) is 25.9. The van der Waals surface area contributed by atoms with Crippen molar-refractivity contribution >= 4 is 131 Å². The van der Waals surface area contributed by atoms with E-state index >= 15 is 0 Å². The number of imidazole rings is 1. The van der Waals surface area contributed by atoms with Crippen molar-refractivity contribution in [2.45, 2.75) is 138 Å². The highest BCUT2D eigenvalue weighted by Gasteiger charge is 2.52. The van der Waals surface area contributed by atoms with Gasteiger partial charge in [-0.25, -0.2) is 24.2 Å². The van der Waals surface area contributed by atoms with E-state index in [2.05, 4.69) is 50.8 Å². The number of nitrogens with one attached hydrogen (secondary N) is 3. The largest absolute Gasteiger partial charge is 0.780 e. The van der Waals surface area contributed by atoms with E-state index in [1.165, 1.54) is 67.3 Å². The maximum atomic E-state index is 14.9. The molecule has 0 bridgehead atoms. The fourth-order valence-corrected chi connectivity index (χ4v) is 20.2. The van der Waals surface area contributed by atoms with Gasteiger partial charge < -0.3 is 141 Å². The quantitative estimate of drug-likeness (QED) is 0.0136. The number of aliphatic hydroxyl groups is 1. The first-order chi connectivity index (χ1) is 53.1. The van der Waals surface area contributed by atoms with E-state index in [0.29, 0.717) is 19.6 Å². The Morgan fingerprint density at radius 3 is 1.82 bits per heavy atom. The normalized spacial score (nSPS) is 28.9. The first kappa shape index (κ1) is 88.2. The van der Waals surface area contributed by atoms with Crippen LogP contribution < -0.4 is 67.3 Å². The molecule has 5 fully saturated rings. The summed E-state index contributed by atoms with van der Waals surface area (Å²) in [5, 5.41) is 10.4. The number of nitrogens with zero attached hydrogens (tertiary/aromatic N) is 9. The summed E-state index contributed by atoms with van der Waals surface area (Å²) in [6, 6.07) is 2.73. The predicted molar refractivity (Wildman–Crippen MR) is 409 cm³/mol. The van der Waals surface area contributed by atoms with Gasteiger partial charge in [0.05, 0.1) is 101 Å². The first-order valence-electron chi connectivity index (χ1n) is 34.1. The second kappa shape index (κ2) is 38.0. The molecule has 6 unspecified atom stereocenters. The van der Waals surface area contributed by atoms with Crippen LogP contribution in [-0.2, 0) is 148 Å². The zero-order chi connectivity index (χ0) is 80.9. The van der Waals surface area contributed by atoms with E-state index in [-0.39, 0.29) is 96.5 Å². The molecule has 0 saturated carbocycles. The van der Waals surface area contributed by atoms with Crippen LogP contribution in [0.1, 0.15) is 69.8 Å². The van der Waals surface area contributed by atoms with Crippen LogP contribution in [0.2, 0.25) is 0 Å². The molecule has 5 aliphatic rings. The van der Waals surface area contributed by atoms with Crippen LogP contribution in [-0.4, -0.2) is 217 Å². The van der Waals surface area contributed by atoms with Crippen LogP contribution in [0, 0.1) is 18.8 Å². The number of aromatic amines is 3. The van der Waals surface area contributed by atoms with Crippen LogP contribution in [0.15, 0.2) is 81.3 Å². The van der Waals surface area contributed by atoms with Crippen LogP contribution >= 0.6 is 41.9 Å². The molecule has 0 amide bonds. The van der Waals surface area contributed by atoms with Crippen molar-refractivity contribution in [1.82, 2.24) is 57.7 Å². The van der Waals surface area contributed by atoms with Crippen molar-refractivity contribution in [2.24, 2.45) is 17.6 Å². The van der Waals surface area contributed by atoms with Gasteiger partial charge in [-0.2, -0.15) is 15.0 Å². The highest BCUT2D eigenvalue weighted by molar-refractivity contribution is 9.10. The summed E-state index contributed by atoms with van der Waals surface area (Å²) in [4.78, 5) is 129. The van der Waals surface area contributed by atoms with Gasteiger partial charge in [-0.15, -0.1) is 0 Å². The maximum Gasteiger partial charge on any atom is 0.351 e. The third-order valence-electron chi connectivity index (χ3n) is 18.2. The number of halogens is 1. The molecule has 11 heterocycles. The number of aliphatic hydroxyl groups excluding tert-OH is 1. The summed E-state index contributed by atoms with van der Waals surface area (Å²) in [6.07, 6.45) is -14.6. The molecular weight excluding hydrogens is 1730 g/mol. The Morgan fingerprint density at radius 1 is 0.625 bits per heavy atom. The number of hydrogen-bond acceptors (Lipinski definition) is 41. The molecule has 5 aliphatic heterocycles. The lowest BCUT2D eigenvalue weighted by molar-refractivity contribution is -0.218. The number of nitrogens with two attached hydrogens (primary N) is 4. The lowest BCUT2D eigenvalue weighted by atomic mass is 9.89. The Labute approximate surface area is 668 Å². The summed E-state index contributed by atoms with van der Waals surface area (Å²) in [7, 11) is 2.37. The topological polar surface area (TPSA) is 574 Å².